The van der Waals surface area contributed by atoms with Gasteiger partial charge in [0.1, 0.15) is 0 Å². The van der Waals surface area contributed by atoms with Gasteiger partial charge in [-0.3, -0.25) is 0 Å². The maximum Gasteiger partial charge on any atom is 2.00 e. The normalized spacial score (nSPS) is 9.89. The van der Waals surface area contributed by atoms with Crippen molar-refractivity contribution in [2.45, 2.75) is 84.0 Å². The molecule has 0 aromatic rings. The van der Waals surface area contributed by atoms with Gasteiger partial charge in [0.25, 0.3) is 0 Å². The molecule has 0 aliphatic rings. The van der Waals surface area contributed by atoms with Crippen LogP contribution in [0, 0.1) is 0 Å². The Labute approximate surface area is 131 Å². The zero-order chi connectivity index (χ0) is 12.8. The summed E-state index contributed by atoms with van der Waals surface area (Å²) in [5, 5.41) is 8.05. The van der Waals surface area contributed by atoms with E-state index in [-0.39, 0.29) is 25.9 Å². The van der Waals surface area contributed by atoms with E-state index >= 15 is 0 Å². The maximum absolute atomic E-state index is 10.6. The Bertz CT molecular complexity index is 184. The minimum Gasteiger partial charge on any atom is -1.00 e. The zero-order valence-corrected chi connectivity index (χ0v) is 13.4. The molecule has 0 radical (unpaired) electrons. The molecule has 0 aliphatic carbocycles. The summed E-state index contributed by atoms with van der Waals surface area (Å²) >= 11 is 0. The standard InChI is InChI=1S/C14H28O3.Mg.2H/c1-2-3-4-5-6-7-8-9-10-11-12-13-14(15)17-16;;;/h16H,2-13H2,1H3;;;/q;+2;2*-1. The van der Waals surface area contributed by atoms with Gasteiger partial charge in [-0.1, -0.05) is 71.1 Å². The summed E-state index contributed by atoms with van der Waals surface area (Å²) < 4.78 is 0. The molecule has 0 saturated carbocycles. The van der Waals surface area contributed by atoms with Crippen LogP contribution >= 0.6 is 0 Å². The third kappa shape index (κ3) is 16.2. The van der Waals surface area contributed by atoms with Crippen LogP contribution in [0.2, 0.25) is 0 Å². The molecule has 0 aromatic carbocycles. The Balaban J connectivity index is -0.000000427. The quantitative estimate of drug-likeness (QED) is 0.245. The van der Waals surface area contributed by atoms with E-state index in [0.717, 1.165) is 12.8 Å². The maximum atomic E-state index is 10.6. The molecule has 0 bridgehead atoms. The molecule has 106 valence electrons. The summed E-state index contributed by atoms with van der Waals surface area (Å²) in [6.07, 6.45) is 14.2. The minimum atomic E-state index is -0.513. The van der Waals surface area contributed by atoms with Gasteiger partial charge < -0.3 is 7.74 Å². The molecule has 4 heteroatoms. The average molecular weight is 271 g/mol. The fraction of sp³-hybridized carbons (Fsp3) is 0.929. The molecule has 0 amide bonds. The van der Waals surface area contributed by atoms with E-state index in [1.165, 1.54) is 57.8 Å². The van der Waals surface area contributed by atoms with Crippen molar-refractivity contribution in [2.75, 3.05) is 0 Å². The van der Waals surface area contributed by atoms with Gasteiger partial charge in [0, 0.05) is 6.42 Å². The van der Waals surface area contributed by atoms with Crippen LogP contribution in [-0.4, -0.2) is 34.3 Å². The van der Waals surface area contributed by atoms with Crippen LogP contribution in [0.25, 0.3) is 0 Å². The summed E-state index contributed by atoms with van der Waals surface area (Å²) in [5.41, 5.74) is 0. The Morgan fingerprint density at radius 3 is 1.67 bits per heavy atom. The smallest absolute Gasteiger partial charge is 1.00 e. The molecule has 0 aliphatic heterocycles. The molecule has 0 heterocycles. The first-order valence-corrected chi connectivity index (χ1v) is 7.15. The first-order chi connectivity index (χ1) is 8.31. The molecule has 0 atom stereocenters. The summed E-state index contributed by atoms with van der Waals surface area (Å²) in [5.74, 6) is -0.513. The summed E-state index contributed by atoms with van der Waals surface area (Å²) in [6.45, 7) is 2.24. The van der Waals surface area contributed by atoms with Gasteiger partial charge in [-0.2, -0.15) is 5.26 Å². The fourth-order valence-corrected chi connectivity index (χ4v) is 1.98. The Morgan fingerprint density at radius 2 is 1.28 bits per heavy atom. The van der Waals surface area contributed by atoms with Gasteiger partial charge in [-0.15, -0.1) is 0 Å². The monoisotopic (exact) mass is 270 g/mol. The van der Waals surface area contributed by atoms with E-state index in [0.29, 0.717) is 6.42 Å². The van der Waals surface area contributed by atoms with Crippen molar-refractivity contribution in [1.82, 2.24) is 0 Å². The molecule has 1 N–H and O–H groups in total. The van der Waals surface area contributed by atoms with E-state index in [4.69, 9.17) is 5.26 Å². The average Bonchev–Trinajstić information content (AvgIpc) is 2.35. The van der Waals surface area contributed by atoms with Crippen LogP contribution in [0.3, 0.4) is 0 Å². The number of rotatable bonds is 12. The Kier molecular flexibility index (Phi) is 19.6. The van der Waals surface area contributed by atoms with Crippen molar-refractivity contribution >= 4 is 29.0 Å². The van der Waals surface area contributed by atoms with Crippen molar-refractivity contribution in [3.63, 3.8) is 0 Å². The van der Waals surface area contributed by atoms with Gasteiger partial charge in [-0.25, -0.2) is 4.79 Å². The number of hydrogen-bond acceptors (Lipinski definition) is 3. The second-order valence-electron chi connectivity index (χ2n) is 4.75. The summed E-state index contributed by atoms with van der Waals surface area (Å²) in [6, 6.07) is 0. The molecule has 0 spiro atoms. The topological polar surface area (TPSA) is 46.5 Å². The van der Waals surface area contributed by atoms with Crippen molar-refractivity contribution in [2.24, 2.45) is 0 Å². The Hall–Kier alpha value is 0.196. The second kappa shape index (κ2) is 17.2. The van der Waals surface area contributed by atoms with Crippen LogP contribution in [0.5, 0.6) is 0 Å². The van der Waals surface area contributed by atoms with Crippen LogP contribution < -0.4 is 0 Å². The minimum absolute atomic E-state index is 0. The van der Waals surface area contributed by atoms with Gasteiger partial charge in [-0.05, 0) is 6.42 Å². The summed E-state index contributed by atoms with van der Waals surface area (Å²) in [4.78, 5) is 14.2. The van der Waals surface area contributed by atoms with Gasteiger partial charge in [0.05, 0.1) is 0 Å². The van der Waals surface area contributed by atoms with E-state index in [2.05, 4.69) is 11.8 Å². The van der Waals surface area contributed by atoms with Crippen molar-refractivity contribution in [1.29, 1.82) is 0 Å². The van der Waals surface area contributed by atoms with Crippen LogP contribution in [-0.2, 0) is 9.68 Å². The fourth-order valence-electron chi connectivity index (χ4n) is 1.98. The van der Waals surface area contributed by atoms with E-state index in [9.17, 15) is 4.79 Å². The summed E-state index contributed by atoms with van der Waals surface area (Å²) in [7, 11) is 0. The predicted molar refractivity (Wildman–Crippen MR) is 77.8 cm³/mol. The third-order valence-electron chi connectivity index (χ3n) is 3.09. The van der Waals surface area contributed by atoms with Crippen LogP contribution in [0.4, 0.5) is 0 Å². The van der Waals surface area contributed by atoms with Crippen molar-refractivity contribution in [3.05, 3.63) is 0 Å². The molecule has 3 nitrogen and oxygen atoms in total. The van der Waals surface area contributed by atoms with Crippen LogP contribution in [0.15, 0.2) is 0 Å². The molecular formula is C14H30MgO3. The molecule has 0 unspecified atom stereocenters. The number of hydrogen-bond donors (Lipinski definition) is 1. The van der Waals surface area contributed by atoms with E-state index < -0.39 is 5.97 Å². The molecule has 0 rings (SSSR count). The van der Waals surface area contributed by atoms with E-state index in [1.54, 1.807) is 0 Å². The largest absolute Gasteiger partial charge is 2.00 e. The number of carbonyl (C=O) groups excluding carboxylic acids is 1. The third-order valence-corrected chi connectivity index (χ3v) is 3.09. The van der Waals surface area contributed by atoms with Gasteiger partial charge in [0.2, 0.25) is 0 Å². The molecule has 18 heavy (non-hydrogen) atoms. The first kappa shape index (κ1) is 20.5. The molecule has 0 saturated heterocycles. The zero-order valence-electron chi connectivity index (χ0n) is 14.0. The Morgan fingerprint density at radius 1 is 0.889 bits per heavy atom. The SMILES string of the molecule is CCCCCCCCCCCCCC(=O)OO.[H-].[H-].[Mg+2]. The molecule has 0 aromatic heterocycles. The number of unbranched alkanes of at least 4 members (excludes halogenated alkanes) is 10. The predicted octanol–water partition coefficient (Wildman–Crippen LogP) is 4.55. The van der Waals surface area contributed by atoms with Crippen molar-refractivity contribution < 1.29 is 17.8 Å². The van der Waals surface area contributed by atoms with Gasteiger partial charge >= 0.3 is 29.0 Å². The number of carbonyl (C=O) groups is 1. The molecular weight excluding hydrogens is 240 g/mol. The second-order valence-corrected chi connectivity index (χ2v) is 4.75. The van der Waals surface area contributed by atoms with E-state index in [1.807, 2.05) is 0 Å². The van der Waals surface area contributed by atoms with Crippen LogP contribution in [0.1, 0.15) is 86.8 Å². The van der Waals surface area contributed by atoms with Gasteiger partial charge in [0.15, 0.2) is 0 Å². The van der Waals surface area contributed by atoms with Crippen molar-refractivity contribution in [3.8, 4) is 0 Å². The first-order valence-electron chi connectivity index (χ1n) is 7.15. The molecule has 0 fully saturated rings.